The molecule has 0 aliphatic carbocycles. The van der Waals surface area contributed by atoms with E-state index in [1.165, 1.54) is 5.56 Å². The number of amides is 4. The van der Waals surface area contributed by atoms with E-state index in [1.807, 2.05) is 77.2 Å². The van der Waals surface area contributed by atoms with Gasteiger partial charge in [0.25, 0.3) is 23.6 Å². The van der Waals surface area contributed by atoms with Crippen LogP contribution in [0.5, 0.6) is 11.5 Å². The third-order valence-electron chi connectivity index (χ3n) is 21.4. The van der Waals surface area contributed by atoms with E-state index < -0.39 is 0 Å². The molecule has 6 aromatic carbocycles. The van der Waals surface area contributed by atoms with Gasteiger partial charge in [-0.1, -0.05) is 69.8 Å². The summed E-state index contributed by atoms with van der Waals surface area (Å²) in [6, 6.07) is 43.9. The molecule has 25 heteroatoms. The van der Waals surface area contributed by atoms with Crippen LogP contribution in [0.4, 0.5) is 11.4 Å². The van der Waals surface area contributed by atoms with Gasteiger partial charge in [0.05, 0.1) is 48.8 Å². The van der Waals surface area contributed by atoms with Gasteiger partial charge < -0.3 is 66.8 Å². The van der Waals surface area contributed by atoms with Gasteiger partial charge in [-0.3, -0.25) is 28.9 Å². The van der Waals surface area contributed by atoms with Gasteiger partial charge in [0.15, 0.2) is 11.3 Å². The van der Waals surface area contributed by atoms with Crippen molar-refractivity contribution in [3.63, 3.8) is 0 Å². The first kappa shape index (κ1) is 85.9. The van der Waals surface area contributed by atoms with Crippen molar-refractivity contribution in [1.82, 2.24) is 71.6 Å². The summed E-state index contributed by atoms with van der Waals surface area (Å²) in [6.07, 6.45) is 9.49. The molecule has 614 valence electrons. The minimum absolute atomic E-state index is 0. The molecule has 4 fully saturated rings. The van der Waals surface area contributed by atoms with E-state index >= 15 is 0 Å². The van der Waals surface area contributed by atoms with E-state index in [1.54, 1.807) is 68.8 Å². The summed E-state index contributed by atoms with van der Waals surface area (Å²) in [5.74, 6) is 0.205. The fourth-order valence-electron chi connectivity index (χ4n) is 15.6. The number of benzene rings is 6. The molecule has 8 heterocycles. The number of fused-ring (bicyclic) bond motifs is 2. The highest BCUT2D eigenvalue weighted by Crippen LogP contribution is 2.35. The van der Waals surface area contributed by atoms with Crippen LogP contribution in [-0.4, -0.2) is 167 Å². The molecule has 25 nitrogen and oxygen atoms in total. The lowest BCUT2D eigenvalue weighted by atomic mass is 10.00. The number of piperazine rings is 2. The quantitative estimate of drug-likeness (QED) is 0.0216. The predicted octanol–water partition coefficient (Wildman–Crippen LogP) is 12.9. The number of rotatable bonds is 27. The molecule has 0 radical (unpaired) electrons. The number of ether oxygens (including phenoxy) is 4. The zero-order chi connectivity index (χ0) is 80.9. The third kappa shape index (κ3) is 22.4. The van der Waals surface area contributed by atoms with Gasteiger partial charge in [0, 0.05) is 185 Å². The fourth-order valence-corrected chi connectivity index (χ4v) is 15.6. The Morgan fingerprint density at radius 2 is 0.897 bits per heavy atom. The van der Waals surface area contributed by atoms with Crippen molar-refractivity contribution in [2.75, 3.05) is 77.5 Å². The first-order valence-corrected chi connectivity index (χ1v) is 40.6. The van der Waals surface area contributed by atoms with Crippen molar-refractivity contribution in [3.05, 3.63) is 213 Å². The maximum Gasteiger partial charge on any atom is 0.251 e. The van der Waals surface area contributed by atoms with Crippen molar-refractivity contribution in [1.29, 1.82) is 0 Å². The van der Waals surface area contributed by atoms with E-state index in [0.717, 1.165) is 160 Å². The molecule has 0 saturated carbocycles. The van der Waals surface area contributed by atoms with Crippen LogP contribution in [0.3, 0.4) is 0 Å². The first-order valence-electron chi connectivity index (χ1n) is 40.6. The lowest BCUT2D eigenvalue weighted by molar-refractivity contribution is 0.0903. The molecule has 4 aliphatic rings. The highest BCUT2D eigenvalue weighted by molar-refractivity contribution is 6.01. The molecular weight excluding hydrogens is 1460 g/mol. The van der Waals surface area contributed by atoms with Gasteiger partial charge in [0.1, 0.15) is 17.8 Å². The number of hydrogen-bond donors (Lipinski definition) is 9. The third-order valence-corrected chi connectivity index (χ3v) is 21.4. The number of carbonyl (C=O) groups excluding carboxylic acids is 5. The molecule has 10 aromatic rings. The van der Waals surface area contributed by atoms with Crippen LogP contribution < -0.4 is 57.3 Å². The molecule has 4 amide bonds. The molecule has 4 saturated heterocycles. The molecule has 0 unspecified atom stereocenters. The van der Waals surface area contributed by atoms with Gasteiger partial charge in [-0.05, 0) is 204 Å². The predicted molar refractivity (Wildman–Crippen MR) is 459 cm³/mol. The lowest BCUT2D eigenvalue weighted by Gasteiger charge is -2.36. The first-order chi connectivity index (χ1) is 55.9. The highest BCUT2D eigenvalue weighted by Gasteiger charge is 2.27. The summed E-state index contributed by atoms with van der Waals surface area (Å²) in [5.41, 5.74) is 16.2. The molecule has 0 spiro atoms. The molecule has 4 aliphatic heterocycles. The van der Waals surface area contributed by atoms with Gasteiger partial charge in [0.2, 0.25) is 0 Å². The van der Waals surface area contributed by atoms with E-state index in [4.69, 9.17) is 28.9 Å². The summed E-state index contributed by atoms with van der Waals surface area (Å²) in [6.45, 7) is 27.6. The Bertz CT molecular complexity index is 4990. The van der Waals surface area contributed by atoms with Crippen LogP contribution in [0.1, 0.15) is 179 Å². The molecule has 4 atom stereocenters. The number of aldehydes is 1. The fraction of sp³-hybridized carbons (Fsp3) is 0.418. The molecular formula is C91H116N16O9. The van der Waals surface area contributed by atoms with Crippen molar-refractivity contribution in [3.8, 4) is 33.8 Å². The summed E-state index contributed by atoms with van der Waals surface area (Å²) >= 11 is 0. The Hall–Kier alpha value is -10.9. The van der Waals surface area contributed by atoms with Crippen molar-refractivity contribution < 1.29 is 42.9 Å². The van der Waals surface area contributed by atoms with E-state index in [-0.39, 0.29) is 62.8 Å². The minimum Gasteiger partial charge on any atom is -0.497 e. The molecule has 9 N–H and O–H groups in total. The van der Waals surface area contributed by atoms with Crippen molar-refractivity contribution >= 4 is 63.4 Å². The maximum absolute atomic E-state index is 13.7. The van der Waals surface area contributed by atoms with Crippen LogP contribution in [0.25, 0.3) is 44.3 Å². The summed E-state index contributed by atoms with van der Waals surface area (Å²) in [4.78, 5) is 77.8. The average Bonchev–Trinajstić information content (AvgIpc) is 1.59. The van der Waals surface area contributed by atoms with Crippen LogP contribution in [0, 0.1) is 0 Å². The second kappa shape index (κ2) is 41.6. The Morgan fingerprint density at radius 3 is 1.30 bits per heavy atom. The summed E-state index contributed by atoms with van der Waals surface area (Å²) in [5, 5.41) is 41.1. The summed E-state index contributed by atoms with van der Waals surface area (Å²) in [7, 11) is 3.24. The topological polar surface area (TPSA) is 295 Å². The van der Waals surface area contributed by atoms with E-state index in [9.17, 15) is 24.0 Å². The normalized spacial score (nSPS) is 17.1. The number of methoxy groups -OCH3 is 2. The zero-order valence-electron chi connectivity index (χ0n) is 68.1. The number of nitrogens with one attached hydrogen (secondary N) is 9. The smallest absolute Gasteiger partial charge is 0.251 e. The Morgan fingerprint density at radius 1 is 0.491 bits per heavy atom. The number of aromatic nitrogens is 6. The number of anilines is 2. The second-order valence-electron chi connectivity index (χ2n) is 30.3. The Labute approximate surface area is 682 Å². The van der Waals surface area contributed by atoms with Crippen LogP contribution in [0.2, 0.25) is 0 Å². The average molecular weight is 1580 g/mol. The Kier molecular flexibility index (Phi) is 30.8. The summed E-state index contributed by atoms with van der Waals surface area (Å²) < 4.78 is 26.2. The largest absolute Gasteiger partial charge is 0.497 e. The van der Waals surface area contributed by atoms with E-state index in [0.29, 0.717) is 117 Å². The van der Waals surface area contributed by atoms with Crippen LogP contribution >= 0.6 is 0 Å². The minimum atomic E-state index is -0.314. The number of carbonyl (C=O) groups is 5. The SMILES string of the molecule is C.CCc1nc2c(cnn2CC)c(NC2CCOCC2)c1CNC(=O)c1cccc(C(=O)NCc2cc(OC)cc(-c3cccc(C=O)c3)c2)c1.CCc1nc2c(cnn2CC)c(NC2CCOCC2)c1CNC(=O)c1cccc(C(=O)NCc2cc(OC)cc(-c3cccc(CN4C[C@@H](C)N[C@@H](C)C4)c3)c2)c1.C[C@@H]1CNC[C@H](C)N1. The molecule has 14 rings (SSSR count). The highest BCUT2D eigenvalue weighted by atomic mass is 16.5. The molecule has 116 heavy (non-hydrogen) atoms. The number of pyridine rings is 2. The maximum atomic E-state index is 13.7. The molecule has 4 aromatic heterocycles. The standard InChI is InChI=1S/C45H56N8O4.C39H42N6O5.C6H14N2.CH4/c1-6-41-39(42(50-37-14-16-57-17-15-37)40-25-48-53(7-2)43(40)51-41)24-47-45(55)35-13-9-12-34(21-35)44(54)46-23-32-19-36(22-38(20-32)56-5)33-11-8-10-31(18-33)28-52-26-29(3)49-30(4)27-52;1-4-35-33(36(43-31-12-14-50-15-13-31)34-23-42-45(5-2)37(34)44-35)22-41-39(48)29-11-7-10-28(19-29)38(47)40-21-26-17-30(20-32(18-26)49-3)27-9-6-8-25(16-27)24-46;1-5-3-7-4-6(2)8-5;/h8-13,18-22,25,29-30,37,49H,6-7,14-17,23-24,26-28H2,1-5H3,(H,46,54)(H,47,55)(H,50,51);6-11,16-20,23-24,31H,4-5,12-15,21-22H2,1-3H3,(H,40,47)(H,41,48)(H,43,44);5-8H,3-4H2,1-2H3;1H4/t29-,30+;;5-,6+;. The number of aryl methyl sites for hydroxylation is 4. The monoisotopic (exact) mass is 1580 g/mol. The van der Waals surface area contributed by atoms with Crippen molar-refractivity contribution in [2.45, 2.75) is 183 Å². The lowest BCUT2D eigenvalue weighted by Crippen LogP contribution is -2.53. The van der Waals surface area contributed by atoms with Gasteiger partial charge in [-0.15, -0.1) is 0 Å². The van der Waals surface area contributed by atoms with Gasteiger partial charge in [-0.25, -0.2) is 19.3 Å². The van der Waals surface area contributed by atoms with Crippen LogP contribution in [0.15, 0.2) is 146 Å². The van der Waals surface area contributed by atoms with E-state index in [2.05, 4.69) is 142 Å². The van der Waals surface area contributed by atoms with Crippen molar-refractivity contribution in [2.24, 2.45) is 0 Å². The number of nitrogens with zero attached hydrogens (tertiary/aromatic N) is 7. The second-order valence-corrected chi connectivity index (χ2v) is 30.3. The molecule has 0 bridgehead atoms. The Balaban J connectivity index is 0.000000207. The number of hydrogen-bond acceptors (Lipinski definition) is 19. The van der Waals surface area contributed by atoms with Gasteiger partial charge >= 0.3 is 0 Å². The zero-order valence-corrected chi connectivity index (χ0v) is 68.1. The van der Waals surface area contributed by atoms with Crippen LogP contribution in [-0.2, 0) is 68.1 Å². The van der Waals surface area contributed by atoms with Gasteiger partial charge in [-0.2, -0.15) is 10.2 Å².